The molecule has 1 unspecified atom stereocenters. The van der Waals surface area contributed by atoms with Gasteiger partial charge in [-0.05, 0) is 26.3 Å². The Kier molecular flexibility index (Phi) is 4.09. The first-order valence-electron chi connectivity index (χ1n) is 5.76. The predicted molar refractivity (Wildman–Crippen MR) is 67.2 cm³/mol. The molecular weight excluding hydrogens is 238 g/mol. The van der Waals surface area contributed by atoms with E-state index in [2.05, 4.69) is 10.3 Å². The Labute approximate surface area is 104 Å². The highest BCUT2D eigenvalue weighted by molar-refractivity contribution is 7.13. The van der Waals surface area contributed by atoms with Gasteiger partial charge in [0.1, 0.15) is 0 Å². The third kappa shape index (κ3) is 3.76. The highest BCUT2D eigenvalue weighted by Gasteiger charge is 2.19. The molecule has 94 valence electrons. The molecule has 1 aliphatic heterocycles. The molecule has 1 aromatic heterocycles. The van der Waals surface area contributed by atoms with Gasteiger partial charge in [-0.1, -0.05) is 0 Å². The lowest BCUT2D eigenvalue weighted by atomic mass is 10.1. The Morgan fingerprint density at radius 2 is 2.59 bits per heavy atom. The molecule has 2 N–H and O–H groups in total. The Morgan fingerprint density at radius 3 is 3.24 bits per heavy atom. The van der Waals surface area contributed by atoms with Gasteiger partial charge in [-0.25, -0.2) is 4.98 Å². The highest BCUT2D eigenvalue weighted by Crippen LogP contribution is 2.15. The number of aromatic nitrogens is 1. The first-order valence-corrected chi connectivity index (χ1v) is 6.64. The fourth-order valence-corrected chi connectivity index (χ4v) is 2.65. The van der Waals surface area contributed by atoms with Gasteiger partial charge < -0.3 is 10.4 Å². The Hall–Kier alpha value is -0.980. The number of carbonyl (C=O) groups excluding carboxylic acids is 1. The molecule has 0 aromatic carbocycles. The average molecular weight is 255 g/mol. The summed E-state index contributed by atoms with van der Waals surface area (Å²) in [4.78, 5) is 17.9. The van der Waals surface area contributed by atoms with Crippen molar-refractivity contribution in [3.63, 3.8) is 0 Å². The normalized spacial score (nSPS) is 21.4. The second kappa shape index (κ2) is 5.57. The number of carbonyl (C=O) groups is 1. The van der Waals surface area contributed by atoms with Crippen LogP contribution in [0.4, 0.5) is 5.13 Å². The van der Waals surface area contributed by atoms with Crippen LogP contribution in [0.3, 0.4) is 0 Å². The molecular formula is C11H17N3O2S. The van der Waals surface area contributed by atoms with Crippen molar-refractivity contribution >= 4 is 22.4 Å². The van der Waals surface area contributed by atoms with Crippen molar-refractivity contribution in [1.29, 1.82) is 0 Å². The lowest BCUT2D eigenvalue weighted by molar-refractivity contribution is -0.118. The van der Waals surface area contributed by atoms with E-state index in [1.165, 1.54) is 11.3 Å². The molecule has 5 nitrogen and oxygen atoms in total. The van der Waals surface area contributed by atoms with E-state index in [1.807, 2.05) is 17.2 Å². The van der Waals surface area contributed by atoms with Crippen LogP contribution < -0.4 is 5.32 Å². The van der Waals surface area contributed by atoms with Crippen LogP contribution in [0.5, 0.6) is 0 Å². The molecule has 1 fully saturated rings. The SMILES string of the molecule is Cc1csc(NC(=O)CN2CCCC(O)C2)n1. The molecule has 0 radical (unpaired) electrons. The molecule has 0 bridgehead atoms. The Balaban J connectivity index is 1.80. The molecule has 2 rings (SSSR count). The number of thiazole rings is 1. The fraction of sp³-hybridized carbons (Fsp3) is 0.636. The van der Waals surface area contributed by atoms with Crippen LogP contribution in [0.25, 0.3) is 0 Å². The van der Waals surface area contributed by atoms with E-state index in [1.54, 1.807) is 0 Å². The standard InChI is InChI=1S/C11H17N3O2S/c1-8-7-17-11(12-8)13-10(16)6-14-4-2-3-9(15)5-14/h7,9,15H,2-6H2,1H3,(H,12,13,16). The molecule has 1 aliphatic rings. The number of hydrogen-bond acceptors (Lipinski definition) is 5. The number of likely N-dealkylation sites (tertiary alicyclic amines) is 1. The number of piperidine rings is 1. The number of nitrogens with one attached hydrogen (secondary N) is 1. The van der Waals surface area contributed by atoms with Gasteiger partial charge >= 0.3 is 0 Å². The van der Waals surface area contributed by atoms with E-state index in [0.29, 0.717) is 18.2 Å². The van der Waals surface area contributed by atoms with Crippen molar-refractivity contribution in [3.05, 3.63) is 11.1 Å². The Morgan fingerprint density at radius 1 is 1.76 bits per heavy atom. The van der Waals surface area contributed by atoms with Gasteiger partial charge in [-0.2, -0.15) is 0 Å². The van der Waals surface area contributed by atoms with E-state index in [9.17, 15) is 9.90 Å². The number of β-amino-alcohol motifs (C(OH)–C–C–N with tert-alkyl or cyclic N) is 1. The first kappa shape index (κ1) is 12.5. The molecule has 1 atom stereocenters. The monoisotopic (exact) mass is 255 g/mol. The van der Waals surface area contributed by atoms with E-state index in [0.717, 1.165) is 25.1 Å². The van der Waals surface area contributed by atoms with Crippen LogP contribution >= 0.6 is 11.3 Å². The zero-order chi connectivity index (χ0) is 12.3. The third-order valence-corrected chi connectivity index (χ3v) is 3.59. The summed E-state index contributed by atoms with van der Waals surface area (Å²) < 4.78 is 0. The molecule has 0 aliphatic carbocycles. The van der Waals surface area contributed by atoms with Crippen LogP contribution in [0.1, 0.15) is 18.5 Å². The summed E-state index contributed by atoms with van der Waals surface area (Å²) in [5.41, 5.74) is 0.915. The molecule has 6 heteroatoms. The molecule has 17 heavy (non-hydrogen) atoms. The zero-order valence-corrected chi connectivity index (χ0v) is 10.7. The summed E-state index contributed by atoms with van der Waals surface area (Å²) in [6.07, 6.45) is 1.49. The van der Waals surface area contributed by atoms with Crippen LogP contribution in [0.2, 0.25) is 0 Å². The van der Waals surface area contributed by atoms with Crippen LogP contribution in [-0.4, -0.2) is 46.6 Å². The molecule has 0 spiro atoms. The van der Waals surface area contributed by atoms with Crippen LogP contribution in [0, 0.1) is 6.92 Å². The summed E-state index contributed by atoms with van der Waals surface area (Å²) in [6, 6.07) is 0. The quantitative estimate of drug-likeness (QED) is 0.840. The smallest absolute Gasteiger partial charge is 0.240 e. The van der Waals surface area contributed by atoms with Gasteiger partial charge in [0, 0.05) is 11.9 Å². The minimum Gasteiger partial charge on any atom is -0.392 e. The average Bonchev–Trinajstić information content (AvgIpc) is 2.63. The lowest BCUT2D eigenvalue weighted by Gasteiger charge is -2.29. The minimum atomic E-state index is -0.293. The van der Waals surface area contributed by atoms with Gasteiger partial charge in [0.05, 0.1) is 18.3 Å². The Bertz CT molecular complexity index is 394. The maximum Gasteiger partial charge on any atom is 0.240 e. The zero-order valence-electron chi connectivity index (χ0n) is 9.85. The number of nitrogens with zero attached hydrogens (tertiary/aromatic N) is 2. The van der Waals surface area contributed by atoms with Gasteiger partial charge in [0.25, 0.3) is 0 Å². The second-order valence-corrected chi connectivity index (χ2v) is 5.23. The predicted octanol–water partition coefficient (Wildman–Crippen LogP) is 0.847. The maximum atomic E-state index is 11.7. The molecule has 1 saturated heterocycles. The van der Waals surface area contributed by atoms with Gasteiger partial charge in [-0.3, -0.25) is 9.69 Å². The molecule has 0 saturated carbocycles. The van der Waals surface area contributed by atoms with E-state index in [-0.39, 0.29) is 12.0 Å². The van der Waals surface area contributed by atoms with Gasteiger partial charge in [0.2, 0.25) is 5.91 Å². The summed E-state index contributed by atoms with van der Waals surface area (Å²) in [6.45, 7) is 3.69. The van der Waals surface area contributed by atoms with Crippen molar-refractivity contribution in [2.24, 2.45) is 0 Å². The van der Waals surface area contributed by atoms with E-state index < -0.39 is 0 Å². The maximum absolute atomic E-state index is 11.7. The number of rotatable bonds is 3. The van der Waals surface area contributed by atoms with Crippen molar-refractivity contribution in [2.45, 2.75) is 25.9 Å². The van der Waals surface area contributed by atoms with Crippen LogP contribution in [-0.2, 0) is 4.79 Å². The number of anilines is 1. The molecule has 1 amide bonds. The van der Waals surface area contributed by atoms with Crippen LogP contribution in [0.15, 0.2) is 5.38 Å². The number of aliphatic hydroxyl groups excluding tert-OH is 1. The summed E-state index contributed by atoms with van der Waals surface area (Å²) in [7, 11) is 0. The van der Waals surface area contributed by atoms with Crippen molar-refractivity contribution in [1.82, 2.24) is 9.88 Å². The number of hydrogen-bond donors (Lipinski definition) is 2. The largest absolute Gasteiger partial charge is 0.392 e. The van der Waals surface area contributed by atoms with Gasteiger partial charge in [0.15, 0.2) is 5.13 Å². The first-order chi connectivity index (χ1) is 8.13. The lowest BCUT2D eigenvalue weighted by Crippen LogP contribution is -2.42. The molecule has 1 aromatic rings. The van der Waals surface area contributed by atoms with E-state index >= 15 is 0 Å². The summed E-state index contributed by atoms with van der Waals surface area (Å²) >= 11 is 1.43. The van der Waals surface area contributed by atoms with Crippen molar-refractivity contribution in [2.75, 3.05) is 25.0 Å². The topological polar surface area (TPSA) is 65.5 Å². The van der Waals surface area contributed by atoms with Gasteiger partial charge in [-0.15, -0.1) is 11.3 Å². The number of aliphatic hydroxyl groups is 1. The van der Waals surface area contributed by atoms with Crippen molar-refractivity contribution in [3.8, 4) is 0 Å². The minimum absolute atomic E-state index is 0.0616. The summed E-state index contributed by atoms with van der Waals surface area (Å²) in [5.74, 6) is -0.0616. The fourth-order valence-electron chi connectivity index (χ4n) is 1.95. The highest BCUT2D eigenvalue weighted by atomic mass is 32.1. The molecule has 2 heterocycles. The number of aryl methyl sites for hydroxylation is 1. The number of amides is 1. The van der Waals surface area contributed by atoms with E-state index in [4.69, 9.17) is 0 Å². The second-order valence-electron chi connectivity index (χ2n) is 4.37. The summed E-state index contributed by atoms with van der Waals surface area (Å²) in [5, 5.41) is 14.8. The third-order valence-electron chi connectivity index (χ3n) is 2.71. The van der Waals surface area contributed by atoms with Crippen molar-refractivity contribution < 1.29 is 9.90 Å².